The van der Waals surface area contributed by atoms with E-state index in [0.29, 0.717) is 43.1 Å². The van der Waals surface area contributed by atoms with Crippen molar-refractivity contribution < 1.29 is 14.2 Å². The average molecular weight is 366 g/mol. The molecule has 0 unspecified atom stereocenters. The van der Waals surface area contributed by atoms with Crippen LogP contribution in [0.5, 0.6) is 0 Å². The molecule has 0 saturated carbocycles. The molecule has 4 rings (SSSR count). The van der Waals surface area contributed by atoms with E-state index in [2.05, 4.69) is 5.16 Å². The first kappa shape index (κ1) is 17.0. The molecule has 27 heavy (non-hydrogen) atoms. The molecule has 1 saturated heterocycles. The number of nitro groups is 1. The SMILES string of the molecule is O=C(Cc1noc2ccccc12)N1CCN(c2ccccc2[N+](=O)[O-])CC1. The molecule has 8 nitrogen and oxygen atoms in total. The molecule has 8 heteroatoms. The number of hydrogen-bond acceptors (Lipinski definition) is 6. The Hall–Kier alpha value is -3.42. The second-order valence-corrected chi connectivity index (χ2v) is 6.42. The molecule has 0 radical (unpaired) electrons. The van der Waals surface area contributed by atoms with Crippen molar-refractivity contribution in [3.8, 4) is 0 Å². The summed E-state index contributed by atoms with van der Waals surface area (Å²) in [6.45, 7) is 2.13. The predicted octanol–water partition coefficient (Wildman–Crippen LogP) is 2.63. The van der Waals surface area contributed by atoms with Crippen LogP contribution in [0.3, 0.4) is 0 Å². The number of hydrogen-bond donors (Lipinski definition) is 0. The molecule has 0 spiro atoms. The largest absolute Gasteiger partial charge is 0.362 e. The van der Waals surface area contributed by atoms with E-state index in [9.17, 15) is 14.9 Å². The van der Waals surface area contributed by atoms with Gasteiger partial charge in [-0.2, -0.15) is 0 Å². The summed E-state index contributed by atoms with van der Waals surface area (Å²) >= 11 is 0. The first-order chi connectivity index (χ1) is 13.1. The van der Waals surface area contributed by atoms with Crippen molar-refractivity contribution in [3.05, 3.63) is 64.3 Å². The zero-order valence-electron chi connectivity index (χ0n) is 14.6. The fourth-order valence-corrected chi connectivity index (χ4v) is 3.40. The first-order valence-corrected chi connectivity index (χ1v) is 8.73. The molecule has 1 aliphatic rings. The molecule has 1 amide bonds. The van der Waals surface area contributed by atoms with Crippen LogP contribution in [0.1, 0.15) is 5.69 Å². The molecule has 0 atom stereocenters. The number of rotatable bonds is 4. The Bertz CT molecular complexity index is 992. The third kappa shape index (κ3) is 3.33. The second-order valence-electron chi connectivity index (χ2n) is 6.42. The topological polar surface area (TPSA) is 92.7 Å². The van der Waals surface area contributed by atoms with Crippen molar-refractivity contribution >= 4 is 28.3 Å². The Balaban J connectivity index is 1.42. The molecule has 2 aromatic carbocycles. The number of fused-ring (bicyclic) bond motifs is 1. The zero-order chi connectivity index (χ0) is 18.8. The van der Waals surface area contributed by atoms with Gasteiger partial charge in [-0.25, -0.2) is 0 Å². The highest BCUT2D eigenvalue weighted by Crippen LogP contribution is 2.28. The van der Waals surface area contributed by atoms with Crippen LogP contribution in [0.4, 0.5) is 11.4 Å². The van der Waals surface area contributed by atoms with Crippen molar-refractivity contribution in [1.82, 2.24) is 10.1 Å². The molecule has 138 valence electrons. The number of nitro benzene ring substituents is 1. The molecular weight excluding hydrogens is 348 g/mol. The maximum absolute atomic E-state index is 12.6. The predicted molar refractivity (Wildman–Crippen MR) is 99.6 cm³/mol. The Morgan fingerprint density at radius 3 is 2.56 bits per heavy atom. The maximum Gasteiger partial charge on any atom is 0.292 e. The van der Waals surface area contributed by atoms with Crippen LogP contribution in [-0.4, -0.2) is 47.1 Å². The van der Waals surface area contributed by atoms with Gasteiger partial charge in [0.25, 0.3) is 5.69 Å². The number of nitrogens with zero attached hydrogens (tertiary/aromatic N) is 4. The van der Waals surface area contributed by atoms with E-state index >= 15 is 0 Å². The smallest absolute Gasteiger partial charge is 0.292 e. The van der Waals surface area contributed by atoms with Crippen molar-refractivity contribution in [2.24, 2.45) is 0 Å². The molecule has 1 aliphatic heterocycles. The van der Waals surface area contributed by atoms with E-state index in [1.165, 1.54) is 6.07 Å². The lowest BCUT2D eigenvalue weighted by Gasteiger charge is -2.35. The molecule has 2 heterocycles. The summed E-state index contributed by atoms with van der Waals surface area (Å²) in [6, 6.07) is 14.2. The average Bonchev–Trinajstić information content (AvgIpc) is 3.11. The van der Waals surface area contributed by atoms with Gasteiger partial charge in [0.2, 0.25) is 5.91 Å². The second kappa shape index (κ2) is 7.06. The van der Waals surface area contributed by atoms with Gasteiger partial charge in [-0.15, -0.1) is 0 Å². The van der Waals surface area contributed by atoms with Crippen LogP contribution in [-0.2, 0) is 11.2 Å². The van der Waals surface area contributed by atoms with Gasteiger partial charge in [0.15, 0.2) is 5.58 Å². The number of piperazine rings is 1. The Labute approximate surface area is 155 Å². The highest BCUT2D eigenvalue weighted by molar-refractivity contribution is 5.86. The minimum atomic E-state index is -0.372. The van der Waals surface area contributed by atoms with Crippen LogP contribution in [0.15, 0.2) is 53.1 Å². The highest BCUT2D eigenvalue weighted by atomic mass is 16.6. The molecule has 3 aromatic rings. The molecule has 0 N–H and O–H groups in total. The van der Waals surface area contributed by atoms with Crippen LogP contribution in [0.2, 0.25) is 0 Å². The molecule has 1 aromatic heterocycles. The van der Waals surface area contributed by atoms with Gasteiger partial charge in [-0.1, -0.05) is 29.4 Å². The minimum absolute atomic E-state index is 0.0173. The normalized spacial score (nSPS) is 14.5. The summed E-state index contributed by atoms with van der Waals surface area (Å²) in [5.74, 6) is -0.0173. The molecule has 0 aliphatic carbocycles. The third-order valence-corrected chi connectivity index (χ3v) is 4.82. The lowest BCUT2D eigenvalue weighted by molar-refractivity contribution is -0.384. The standard InChI is InChI=1S/C19H18N4O4/c24-19(13-15-14-5-1-4-8-18(14)27-20-15)22-11-9-21(10-12-22)16-6-2-3-7-17(16)23(25)26/h1-8H,9-13H2. The number of benzene rings is 2. The number of carbonyl (C=O) groups excluding carboxylic acids is 1. The quantitative estimate of drug-likeness (QED) is 0.521. The summed E-state index contributed by atoms with van der Waals surface area (Å²) in [7, 11) is 0. The van der Waals surface area contributed by atoms with Crippen LogP contribution in [0, 0.1) is 10.1 Å². The zero-order valence-corrected chi connectivity index (χ0v) is 14.6. The van der Waals surface area contributed by atoms with E-state index in [1.54, 1.807) is 23.1 Å². The van der Waals surface area contributed by atoms with E-state index in [1.807, 2.05) is 29.2 Å². The highest BCUT2D eigenvalue weighted by Gasteiger charge is 2.26. The fourth-order valence-electron chi connectivity index (χ4n) is 3.40. The number of carbonyl (C=O) groups is 1. The van der Waals surface area contributed by atoms with E-state index in [4.69, 9.17) is 4.52 Å². The number of amides is 1. The Kier molecular flexibility index (Phi) is 4.45. The van der Waals surface area contributed by atoms with Crippen molar-refractivity contribution in [3.63, 3.8) is 0 Å². The number of aromatic nitrogens is 1. The van der Waals surface area contributed by atoms with Crippen LogP contribution < -0.4 is 4.90 Å². The molecule has 1 fully saturated rings. The minimum Gasteiger partial charge on any atom is -0.362 e. The number of para-hydroxylation sites is 3. The Morgan fingerprint density at radius 2 is 1.78 bits per heavy atom. The Morgan fingerprint density at radius 1 is 1.07 bits per heavy atom. The lowest BCUT2D eigenvalue weighted by Crippen LogP contribution is -2.49. The molecule has 0 bridgehead atoms. The van der Waals surface area contributed by atoms with Crippen LogP contribution in [0.25, 0.3) is 11.0 Å². The molecular formula is C19H18N4O4. The van der Waals surface area contributed by atoms with Gasteiger partial charge in [-0.05, 0) is 18.2 Å². The van der Waals surface area contributed by atoms with Gasteiger partial charge in [0, 0.05) is 37.6 Å². The first-order valence-electron chi connectivity index (χ1n) is 8.73. The van der Waals surface area contributed by atoms with Crippen molar-refractivity contribution in [2.45, 2.75) is 6.42 Å². The van der Waals surface area contributed by atoms with E-state index < -0.39 is 0 Å². The van der Waals surface area contributed by atoms with E-state index in [0.717, 1.165) is 5.39 Å². The summed E-state index contributed by atoms with van der Waals surface area (Å²) in [5, 5.41) is 16.1. The van der Waals surface area contributed by atoms with Gasteiger partial charge >= 0.3 is 0 Å². The van der Waals surface area contributed by atoms with Gasteiger partial charge in [-0.3, -0.25) is 14.9 Å². The third-order valence-electron chi connectivity index (χ3n) is 4.82. The van der Waals surface area contributed by atoms with E-state index in [-0.39, 0.29) is 22.9 Å². The van der Waals surface area contributed by atoms with Crippen molar-refractivity contribution in [2.75, 3.05) is 31.1 Å². The maximum atomic E-state index is 12.6. The summed E-state index contributed by atoms with van der Waals surface area (Å²) in [4.78, 5) is 27.2. The number of anilines is 1. The summed E-state index contributed by atoms with van der Waals surface area (Å²) in [5.41, 5.74) is 1.99. The lowest BCUT2D eigenvalue weighted by atomic mass is 10.1. The van der Waals surface area contributed by atoms with Gasteiger partial charge < -0.3 is 14.3 Å². The van der Waals surface area contributed by atoms with Gasteiger partial charge in [0.1, 0.15) is 11.4 Å². The van der Waals surface area contributed by atoms with Gasteiger partial charge in [0.05, 0.1) is 11.3 Å². The van der Waals surface area contributed by atoms with Crippen molar-refractivity contribution in [1.29, 1.82) is 0 Å². The summed E-state index contributed by atoms with van der Waals surface area (Å²) in [6.07, 6.45) is 0.183. The monoisotopic (exact) mass is 366 g/mol. The fraction of sp³-hybridized carbons (Fsp3) is 0.263. The summed E-state index contributed by atoms with van der Waals surface area (Å²) < 4.78 is 5.25. The van der Waals surface area contributed by atoms with Crippen LogP contribution >= 0.6 is 0 Å².